The van der Waals surface area contributed by atoms with Crippen molar-refractivity contribution < 1.29 is 22.7 Å². The number of carbonyl (C=O) groups excluding carboxylic acids is 1. The van der Waals surface area contributed by atoms with Crippen LogP contribution in [0.2, 0.25) is 0 Å². The number of nitrogens with two attached hydrogens (primary N) is 1. The van der Waals surface area contributed by atoms with Gasteiger partial charge in [0.15, 0.2) is 0 Å². The van der Waals surface area contributed by atoms with Crippen LogP contribution < -0.4 is 11.1 Å². The van der Waals surface area contributed by atoms with E-state index in [1.165, 1.54) is 25.3 Å². The number of benzene rings is 1. The van der Waals surface area contributed by atoms with Crippen LogP contribution in [-0.2, 0) is 15.7 Å². The highest BCUT2D eigenvalue weighted by Crippen LogP contribution is 2.34. The largest absolute Gasteiger partial charge is 0.418 e. The molecule has 0 aromatic heterocycles. The van der Waals surface area contributed by atoms with E-state index in [0.717, 1.165) is 6.07 Å². The maximum atomic E-state index is 12.7. The SMILES string of the molecule is COCCC(N)C(=O)Nc1ccccc1C(F)(F)F. The smallest absolute Gasteiger partial charge is 0.385 e. The summed E-state index contributed by atoms with van der Waals surface area (Å²) in [5.74, 6) is -0.672. The summed E-state index contributed by atoms with van der Waals surface area (Å²) >= 11 is 0. The zero-order valence-corrected chi connectivity index (χ0v) is 10.3. The Kier molecular flexibility index (Phi) is 5.31. The standard InChI is InChI=1S/C12H15F3N2O2/c1-19-7-6-9(16)11(18)17-10-5-3-2-4-8(10)12(13,14)15/h2-5,9H,6-7,16H2,1H3,(H,17,18). The highest BCUT2D eigenvalue weighted by molar-refractivity contribution is 5.95. The van der Waals surface area contributed by atoms with E-state index < -0.39 is 23.7 Å². The van der Waals surface area contributed by atoms with Crippen molar-refractivity contribution in [2.75, 3.05) is 19.0 Å². The van der Waals surface area contributed by atoms with Gasteiger partial charge in [-0.3, -0.25) is 4.79 Å². The number of para-hydroxylation sites is 1. The van der Waals surface area contributed by atoms with Crippen LogP contribution in [0.1, 0.15) is 12.0 Å². The number of carbonyl (C=O) groups is 1. The molecule has 0 aliphatic rings. The number of alkyl halides is 3. The Bertz CT molecular complexity index is 435. The van der Waals surface area contributed by atoms with Crippen LogP contribution in [0, 0.1) is 0 Å². The summed E-state index contributed by atoms with van der Waals surface area (Å²) in [7, 11) is 1.45. The number of anilines is 1. The van der Waals surface area contributed by atoms with Gasteiger partial charge >= 0.3 is 6.18 Å². The van der Waals surface area contributed by atoms with Crippen LogP contribution in [0.4, 0.5) is 18.9 Å². The molecule has 0 heterocycles. The molecule has 7 heteroatoms. The van der Waals surface area contributed by atoms with Crippen LogP contribution >= 0.6 is 0 Å². The van der Waals surface area contributed by atoms with Gasteiger partial charge in [-0.05, 0) is 18.6 Å². The van der Waals surface area contributed by atoms with Crippen LogP contribution in [0.5, 0.6) is 0 Å². The van der Waals surface area contributed by atoms with Crippen LogP contribution in [-0.4, -0.2) is 25.7 Å². The van der Waals surface area contributed by atoms with Crippen molar-refractivity contribution in [3.63, 3.8) is 0 Å². The van der Waals surface area contributed by atoms with Crippen LogP contribution in [0.3, 0.4) is 0 Å². The maximum Gasteiger partial charge on any atom is 0.418 e. The lowest BCUT2D eigenvalue weighted by molar-refractivity contribution is -0.137. The van der Waals surface area contributed by atoms with Gasteiger partial charge < -0.3 is 15.8 Å². The normalized spacial score (nSPS) is 13.1. The minimum absolute atomic E-state index is 0.233. The molecular weight excluding hydrogens is 261 g/mol. The first-order valence-electron chi connectivity index (χ1n) is 5.58. The minimum atomic E-state index is -4.53. The molecule has 0 aliphatic heterocycles. The molecule has 1 atom stereocenters. The first-order chi connectivity index (χ1) is 8.86. The molecule has 1 rings (SSSR count). The summed E-state index contributed by atoms with van der Waals surface area (Å²) in [4.78, 5) is 11.6. The molecule has 3 N–H and O–H groups in total. The number of methoxy groups -OCH3 is 1. The lowest BCUT2D eigenvalue weighted by Crippen LogP contribution is -2.37. The Morgan fingerprint density at radius 1 is 1.42 bits per heavy atom. The van der Waals surface area contributed by atoms with E-state index in [1.54, 1.807) is 0 Å². The summed E-state index contributed by atoms with van der Waals surface area (Å²) in [5.41, 5.74) is 4.34. The zero-order chi connectivity index (χ0) is 14.5. The topological polar surface area (TPSA) is 64.3 Å². The first-order valence-corrected chi connectivity index (χ1v) is 5.58. The molecule has 0 fully saturated rings. The molecule has 1 aromatic rings. The monoisotopic (exact) mass is 276 g/mol. The van der Waals surface area contributed by atoms with Gasteiger partial charge in [0.2, 0.25) is 5.91 Å². The highest BCUT2D eigenvalue weighted by atomic mass is 19.4. The van der Waals surface area contributed by atoms with Crippen LogP contribution in [0.15, 0.2) is 24.3 Å². The molecule has 0 radical (unpaired) electrons. The Labute approximate surface area is 108 Å². The third-order valence-electron chi connectivity index (χ3n) is 2.46. The van der Waals surface area contributed by atoms with Crippen molar-refractivity contribution in [1.82, 2.24) is 0 Å². The van der Waals surface area contributed by atoms with Gasteiger partial charge in [-0.2, -0.15) is 13.2 Å². The highest BCUT2D eigenvalue weighted by Gasteiger charge is 2.33. The summed E-state index contributed by atoms with van der Waals surface area (Å²) in [5, 5.41) is 2.19. The number of rotatable bonds is 5. The molecule has 0 saturated carbocycles. The summed E-state index contributed by atoms with van der Waals surface area (Å²) < 4.78 is 42.9. The predicted molar refractivity (Wildman–Crippen MR) is 64.5 cm³/mol. The lowest BCUT2D eigenvalue weighted by Gasteiger charge is -2.16. The number of halogens is 3. The van der Waals surface area contributed by atoms with Crippen molar-refractivity contribution in [1.29, 1.82) is 0 Å². The molecule has 1 amide bonds. The number of ether oxygens (including phenoxy) is 1. The molecule has 1 aromatic carbocycles. The average molecular weight is 276 g/mol. The zero-order valence-electron chi connectivity index (χ0n) is 10.3. The molecule has 1 unspecified atom stereocenters. The fourth-order valence-electron chi connectivity index (χ4n) is 1.44. The predicted octanol–water partition coefficient (Wildman–Crippen LogP) is 2.01. The number of hydrogen-bond acceptors (Lipinski definition) is 3. The van der Waals surface area contributed by atoms with E-state index in [4.69, 9.17) is 10.5 Å². The lowest BCUT2D eigenvalue weighted by atomic mass is 10.1. The summed E-state index contributed by atoms with van der Waals surface area (Å²) in [6.07, 6.45) is -4.29. The fraction of sp³-hybridized carbons (Fsp3) is 0.417. The first kappa shape index (κ1) is 15.5. The molecule has 0 aliphatic carbocycles. The molecular formula is C12H15F3N2O2. The molecule has 0 bridgehead atoms. The van der Waals surface area contributed by atoms with Gasteiger partial charge in [-0.1, -0.05) is 12.1 Å². The van der Waals surface area contributed by atoms with E-state index in [1.807, 2.05) is 0 Å². The molecule has 106 valence electrons. The Morgan fingerprint density at radius 2 is 2.05 bits per heavy atom. The van der Waals surface area contributed by atoms with Gasteiger partial charge in [0.25, 0.3) is 0 Å². The minimum Gasteiger partial charge on any atom is -0.385 e. The average Bonchev–Trinajstić information content (AvgIpc) is 2.35. The van der Waals surface area contributed by atoms with Gasteiger partial charge in [0.05, 0.1) is 17.3 Å². The maximum absolute atomic E-state index is 12.7. The quantitative estimate of drug-likeness (QED) is 0.864. The second kappa shape index (κ2) is 6.53. The summed E-state index contributed by atoms with van der Waals surface area (Å²) in [6, 6.07) is 3.83. The van der Waals surface area contributed by atoms with E-state index in [0.29, 0.717) is 0 Å². The van der Waals surface area contributed by atoms with E-state index in [-0.39, 0.29) is 18.7 Å². The van der Waals surface area contributed by atoms with Crippen molar-refractivity contribution in [3.05, 3.63) is 29.8 Å². The number of hydrogen-bond donors (Lipinski definition) is 2. The van der Waals surface area contributed by atoms with E-state index in [9.17, 15) is 18.0 Å². The van der Waals surface area contributed by atoms with Crippen molar-refractivity contribution in [2.45, 2.75) is 18.6 Å². The van der Waals surface area contributed by atoms with Crippen LogP contribution in [0.25, 0.3) is 0 Å². The van der Waals surface area contributed by atoms with Gasteiger partial charge in [-0.15, -0.1) is 0 Å². The Balaban J connectivity index is 2.80. The third-order valence-corrected chi connectivity index (χ3v) is 2.46. The molecule has 19 heavy (non-hydrogen) atoms. The van der Waals surface area contributed by atoms with Gasteiger partial charge in [-0.25, -0.2) is 0 Å². The fourth-order valence-corrected chi connectivity index (χ4v) is 1.44. The number of amides is 1. The molecule has 0 spiro atoms. The second-order valence-corrected chi connectivity index (χ2v) is 3.92. The van der Waals surface area contributed by atoms with Gasteiger partial charge in [0.1, 0.15) is 0 Å². The van der Waals surface area contributed by atoms with E-state index in [2.05, 4.69) is 5.32 Å². The second-order valence-electron chi connectivity index (χ2n) is 3.92. The molecule has 4 nitrogen and oxygen atoms in total. The third kappa shape index (κ3) is 4.53. The Hall–Kier alpha value is -1.60. The summed E-state index contributed by atoms with van der Waals surface area (Å²) in [6.45, 7) is 0.259. The van der Waals surface area contributed by atoms with Crippen molar-refractivity contribution in [3.8, 4) is 0 Å². The number of nitrogens with one attached hydrogen (secondary N) is 1. The van der Waals surface area contributed by atoms with Crippen molar-refractivity contribution in [2.24, 2.45) is 5.73 Å². The van der Waals surface area contributed by atoms with E-state index >= 15 is 0 Å². The van der Waals surface area contributed by atoms with Gasteiger partial charge in [0, 0.05) is 13.7 Å². The van der Waals surface area contributed by atoms with Crippen molar-refractivity contribution >= 4 is 11.6 Å². The Morgan fingerprint density at radius 3 is 2.63 bits per heavy atom. The molecule has 0 saturated heterocycles.